The zero-order valence-electron chi connectivity index (χ0n) is 17.1. The molecule has 5 nitrogen and oxygen atoms in total. The molecular weight excluding hydrogens is 538 g/mol. The number of hydrogen-bond donors (Lipinski definition) is 1. The van der Waals surface area contributed by atoms with Gasteiger partial charge in [-0.3, -0.25) is 9.59 Å². The van der Waals surface area contributed by atoms with Crippen molar-refractivity contribution in [2.24, 2.45) is 5.92 Å². The van der Waals surface area contributed by atoms with Gasteiger partial charge in [-0.25, -0.2) is 0 Å². The standard InChI is InChI=1S/C22H25Cl2IN2O3/c1-14(2)11-26-22(29)15(3)27(12-18-19(23)5-4-6-20(18)24)21(28)13-30-17-9-7-16(25)8-10-17/h4-10,14-15H,11-13H2,1-3H3,(H,26,29)/t15-/m0/s1. The Morgan fingerprint density at radius 1 is 1.07 bits per heavy atom. The molecule has 0 unspecified atom stereocenters. The predicted molar refractivity (Wildman–Crippen MR) is 129 cm³/mol. The summed E-state index contributed by atoms with van der Waals surface area (Å²) in [7, 11) is 0. The molecule has 8 heteroatoms. The van der Waals surface area contributed by atoms with Crippen LogP contribution in [0.15, 0.2) is 42.5 Å². The molecule has 0 aliphatic carbocycles. The van der Waals surface area contributed by atoms with Gasteiger partial charge in [0.05, 0.1) is 0 Å². The number of carbonyl (C=O) groups excluding carboxylic acids is 2. The monoisotopic (exact) mass is 562 g/mol. The van der Waals surface area contributed by atoms with Crippen LogP contribution < -0.4 is 10.1 Å². The number of benzene rings is 2. The number of carbonyl (C=O) groups is 2. The molecule has 0 fully saturated rings. The van der Waals surface area contributed by atoms with E-state index in [2.05, 4.69) is 27.9 Å². The van der Waals surface area contributed by atoms with E-state index in [9.17, 15) is 9.59 Å². The Hall–Kier alpha value is -1.51. The molecule has 0 heterocycles. The van der Waals surface area contributed by atoms with Gasteiger partial charge in [0.15, 0.2) is 6.61 Å². The number of ether oxygens (including phenoxy) is 1. The van der Waals surface area contributed by atoms with Gasteiger partial charge in [-0.1, -0.05) is 43.1 Å². The Morgan fingerprint density at radius 3 is 2.23 bits per heavy atom. The smallest absolute Gasteiger partial charge is 0.261 e. The molecule has 162 valence electrons. The van der Waals surface area contributed by atoms with E-state index in [0.717, 1.165) is 3.57 Å². The number of hydrogen-bond acceptors (Lipinski definition) is 3. The molecule has 2 aromatic rings. The Morgan fingerprint density at radius 2 is 1.67 bits per heavy atom. The third-order valence-corrected chi connectivity index (χ3v) is 5.85. The highest BCUT2D eigenvalue weighted by Gasteiger charge is 2.27. The van der Waals surface area contributed by atoms with Gasteiger partial charge in [0.25, 0.3) is 5.91 Å². The van der Waals surface area contributed by atoms with Crippen LogP contribution in [0.4, 0.5) is 0 Å². The maximum absolute atomic E-state index is 13.0. The summed E-state index contributed by atoms with van der Waals surface area (Å²) in [5.74, 6) is 0.301. The molecule has 1 atom stereocenters. The fourth-order valence-electron chi connectivity index (χ4n) is 2.65. The van der Waals surface area contributed by atoms with Crippen LogP contribution in [0, 0.1) is 9.49 Å². The van der Waals surface area contributed by atoms with Crippen molar-refractivity contribution in [3.63, 3.8) is 0 Å². The summed E-state index contributed by atoms with van der Waals surface area (Å²) in [6, 6.07) is 11.8. The maximum Gasteiger partial charge on any atom is 0.261 e. The lowest BCUT2D eigenvalue weighted by Gasteiger charge is -2.29. The average Bonchev–Trinajstić information content (AvgIpc) is 2.70. The number of nitrogens with one attached hydrogen (secondary N) is 1. The normalized spacial score (nSPS) is 11.8. The lowest BCUT2D eigenvalue weighted by atomic mass is 10.1. The van der Waals surface area contributed by atoms with Gasteiger partial charge in [0, 0.05) is 32.3 Å². The van der Waals surface area contributed by atoms with Crippen LogP contribution in [0.25, 0.3) is 0 Å². The summed E-state index contributed by atoms with van der Waals surface area (Å²) >= 11 is 14.8. The van der Waals surface area contributed by atoms with Gasteiger partial charge >= 0.3 is 0 Å². The molecule has 0 saturated heterocycles. The highest BCUT2D eigenvalue weighted by molar-refractivity contribution is 14.1. The van der Waals surface area contributed by atoms with E-state index in [1.54, 1.807) is 37.3 Å². The minimum absolute atomic E-state index is 0.101. The van der Waals surface area contributed by atoms with Crippen molar-refractivity contribution in [3.8, 4) is 5.75 Å². The molecule has 0 bridgehead atoms. The summed E-state index contributed by atoms with van der Waals surface area (Å²) < 4.78 is 6.70. The highest BCUT2D eigenvalue weighted by Crippen LogP contribution is 2.26. The van der Waals surface area contributed by atoms with Crippen LogP contribution in [-0.2, 0) is 16.1 Å². The highest BCUT2D eigenvalue weighted by atomic mass is 127. The van der Waals surface area contributed by atoms with Crippen LogP contribution >= 0.6 is 45.8 Å². The zero-order chi connectivity index (χ0) is 22.3. The van der Waals surface area contributed by atoms with E-state index in [4.69, 9.17) is 27.9 Å². The van der Waals surface area contributed by atoms with E-state index in [-0.39, 0.29) is 25.0 Å². The fraction of sp³-hybridized carbons (Fsp3) is 0.364. The quantitative estimate of drug-likeness (QED) is 0.429. The Kier molecular flexibility index (Phi) is 9.71. The van der Waals surface area contributed by atoms with Crippen LogP contribution in [0.2, 0.25) is 10.0 Å². The third-order valence-electron chi connectivity index (χ3n) is 4.42. The van der Waals surface area contributed by atoms with E-state index in [0.29, 0.717) is 33.8 Å². The van der Waals surface area contributed by atoms with Gasteiger partial charge in [-0.15, -0.1) is 0 Å². The summed E-state index contributed by atoms with van der Waals surface area (Å²) in [5, 5.41) is 3.75. The molecule has 2 amide bonds. The van der Waals surface area contributed by atoms with Crippen molar-refractivity contribution in [1.29, 1.82) is 0 Å². The zero-order valence-corrected chi connectivity index (χ0v) is 20.8. The van der Waals surface area contributed by atoms with Crippen molar-refractivity contribution >= 4 is 57.6 Å². The minimum Gasteiger partial charge on any atom is -0.484 e. The first-order chi connectivity index (χ1) is 14.2. The second-order valence-corrected chi connectivity index (χ2v) is 9.34. The summed E-state index contributed by atoms with van der Waals surface area (Å²) in [6.45, 7) is 6.12. The van der Waals surface area contributed by atoms with Crippen LogP contribution in [0.1, 0.15) is 26.3 Å². The first-order valence-corrected chi connectivity index (χ1v) is 11.4. The predicted octanol–water partition coefficient (Wildman–Crippen LogP) is 5.17. The number of amides is 2. The van der Waals surface area contributed by atoms with Crippen molar-refractivity contribution in [2.75, 3.05) is 13.2 Å². The van der Waals surface area contributed by atoms with Gasteiger partial charge < -0.3 is 15.0 Å². The summed E-state index contributed by atoms with van der Waals surface area (Å²) in [4.78, 5) is 27.1. The number of rotatable bonds is 9. The molecule has 2 aromatic carbocycles. The topological polar surface area (TPSA) is 58.6 Å². The molecule has 2 rings (SSSR count). The summed E-state index contributed by atoms with van der Waals surface area (Å²) in [5.41, 5.74) is 0.590. The first kappa shape index (κ1) is 24.8. The van der Waals surface area contributed by atoms with E-state index in [1.165, 1.54) is 4.90 Å². The van der Waals surface area contributed by atoms with Crippen molar-refractivity contribution in [1.82, 2.24) is 10.2 Å². The van der Waals surface area contributed by atoms with Crippen molar-refractivity contribution in [3.05, 3.63) is 61.6 Å². The lowest BCUT2D eigenvalue weighted by Crippen LogP contribution is -2.49. The Balaban J connectivity index is 2.19. The van der Waals surface area contributed by atoms with Gasteiger partial charge in [0.2, 0.25) is 5.91 Å². The fourth-order valence-corrected chi connectivity index (χ4v) is 3.52. The minimum atomic E-state index is -0.719. The first-order valence-electron chi connectivity index (χ1n) is 9.57. The molecule has 0 spiro atoms. The average molecular weight is 563 g/mol. The molecule has 30 heavy (non-hydrogen) atoms. The lowest BCUT2D eigenvalue weighted by molar-refractivity contribution is -0.142. The second kappa shape index (κ2) is 11.8. The van der Waals surface area contributed by atoms with E-state index < -0.39 is 6.04 Å². The number of halogens is 3. The molecular formula is C22H25Cl2IN2O3. The van der Waals surface area contributed by atoms with Gasteiger partial charge in [0.1, 0.15) is 11.8 Å². The molecule has 0 radical (unpaired) electrons. The third kappa shape index (κ3) is 7.32. The van der Waals surface area contributed by atoms with Crippen LogP contribution in [-0.4, -0.2) is 35.9 Å². The van der Waals surface area contributed by atoms with Gasteiger partial charge in [-0.2, -0.15) is 0 Å². The summed E-state index contributed by atoms with van der Waals surface area (Å²) in [6.07, 6.45) is 0. The molecule has 0 aromatic heterocycles. The Labute approximate surface area is 201 Å². The number of nitrogens with zero attached hydrogens (tertiary/aromatic N) is 1. The van der Waals surface area contributed by atoms with E-state index >= 15 is 0 Å². The van der Waals surface area contributed by atoms with Crippen LogP contribution in [0.3, 0.4) is 0 Å². The van der Waals surface area contributed by atoms with Crippen molar-refractivity contribution in [2.45, 2.75) is 33.4 Å². The van der Waals surface area contributed by atoms with Gasteiger partial charge in [-0.05, 0) is 71.8 Å². The molecule has 0 saturated carbocycles. The van der Waals surface area contributed by atoms with E-state index in [1.807, 2.05) is 26.0 Å². The SMILES string of the molecule is CC(C)CNC(=O)[C@H](C)N(Cc1c(Cl)cccc1Cl)C(=O)COc1ccc(I)cc1. The maximum atomic E-state index is 13.0. The second-order valence-electron chi connectivity index (χ2n) is 7.28. The van der Waals surface area contributed by atoms with Crippen LogP contribution in [0.5, 0.6) is 5.75 Å². The molecule has 0 aliphatic heterocycles. The largest absolute Gasteiger partial charge is 0.484 e. The molecule has 1 N–H and O–H groups in total. The molecule has 0 aliphatic rings. The van der Waals surface area contributed by atoms with Crippen molar-refractivity contribution < 1.29 is 14.3 Å². The Bertz CT molecular complexity index is 855.